The summed E-state index contributed by atoms with van der Waals surface area (Å²) < 4.78 is 14.0. The zero-order chi connectivity index (χ0) is 22.3. The van der Waals surface area contributed by atoms with E-state index in [0.29, 0.717) is 6.42 Å². The quantitative estimate of drug-likeness (QED) is 0.390. The number of hydrogen-bond acceptors (Lipinski definition) is 2. The Hall–Kier alpha value is -3.24. The van der Waals surface area contributed by atoms with Crippen molar-refractivity contribution in [3.05, 3.63) is 118 Å². The van der Waals surface area contributed by atoms with Crippen molar-refractivity contribution in [2.75, 3.05) is 13.1 Å². The van der Waals surface area contributed by atoms with Crippen LogP contribution in [-0.2, 0) is 13.0 Å². The van der Waals surface area contributed by atoms with Crippen molar-refractivity contribution in [2.45, 2.75) is 32.2 Å². The molecule has 0 atom stereocenters. The molecule has 1 heterocycles. The van der Waals surface area contributed by atoms with Gasteiger partial charge in [0.1, 0.15) is 5.82 Å². The number of halogens is 1. The summed E-state index contributed by atoms with van der Waals surface area (Å²) in [5, 5.41) is 0. The minimum atomic E-state index is -0.122. The van der Waals surface area contributed by atoms with Crippen LogP contribution in [0.15, 0.2) is 95.1 Å². The molecule has 2 N–H and O–H groups in total. The lowest BCUT2D eigenvalue weighted by Crippen LogP contribution is -2.33. The summed E-state index contributed by atoms with van der Waals surface area (Å²) in [5.41, 5.74) is 12.5. The summed E-state index contributed by atoms with van der Waals surface area (Å²) in [6.45, 7) is 4.46. The fourth-order valence-corrected chi connectivity index (χ4v) is 4.61. The molecule has 0 unspecified atom stereocenters. The minimum Gasteiger partial charge on any atom is -0.390 e. The maximum absolute atomic E-state index is 14.0. The van der Waals surface area contributed by atoms with Crippen LogP contribution in [0.5, 0.6) is 0 Å². The highest BCUT2D eigenvalue weighted by molar-refractivity contribution is 5.55. The third-order valence-corrected chi connectivity index (χ3v) is 6.17. The van der Waals surface area contributed by atoms with Gasteiger partial charge in [0.2, 0.25) is 0 Å². The zero-order valence-electron chi connectivity index (χ0n) is 18.5. The molecule has 0 aromatic heterocycles. The Morgan fingerprint density at radius 2 is 1.66 bits per heavy atom. The molecule has 3 aromatic carbocycles. The summed E-state index contributed by atoms with van der Waals surface area (Å²) in [6, 6.07) is 26.7. The van der Waals surface area contributed by atoms with Crippen LogP contribution in [0.4, 0.5) is 4.39 Å². The summed E-state index contributed by atoms with van der Waals surface area (Å²) in [6.07, 6.45) is 2.94. The second-order valence-electron chi connectivity index (χ2n) is 8.24. The van der Waals surface area contributed by atoms with Crippen molar-refractivity contribution < 1.29 is 4.39 Å². The Morgan fingerprint density at radius 1 is 1.00 bits per heavy atom. The van der Waals surface area contributed by atoms with Gasteiger partial charge in [-0.3, -0.25) is 4.90 Å². The molecular formula is C28H30FN3. The van der Waals surface area contributed by atoms with Gasteiger partial charge >= 0.3 is 0 Å². The predicted octanol–water partition coefficient (Wildman–Crippen LogP) is 5.67. The first-order valence-corrected chi connectivity index (χ1v) is 11.2. The molecule has 3 aromatic rings. The monoisotopic (exact) mass is 427 g/mol. The molecule has 4 rings (SSSR count). The summed E-state index contributed by atoms with van der Waals surface area (Å²) >= 11 is 0. The van der Waals surface area contributed by atoms with Crippen molar-refractivity contribution in [1.82, 2.24) is 4.90 Å². The van der Waals surface area contributed by atoms with Crippen molar-refractivity contribution in [3.8, 4) is 0 Å². The summed E-state index contributed by atoms with van der Waals surface area (Å²) in [4.78, 5) is 7.00. The smallest absolute Gasteiger partial charge is 0.126 e. The second-order valence-corrected chi connectivity index (χ2v) is 8.24. The molecule has 0 saturated carbocycles. The molecule has 1 aliphatic rings. The largest absolute Gasteiger partial charge is 0.390 e. The van der Waals surface area contributed by atoms with Crippen LogP contribution in [0.3, 0.4) is 0 Å². The number of nitrogens with two attached hydrogens (primary N) is 1. The van der Waals surface area contributed by atoms with Gasteiger partial charge in [-0.2, -0.15) is 0 Å². The van der Waals surface area contributed by atoms with Gasteiger partial charge in [-0.1, -0.05) is 79.7 Å². The van der Waals surface area contributed by atoms with Crippen LogP contribution < -0.4 is 5.73 Å². The molecule has 1 aliphatic heterocycles. The number of aliphatic imine (C=N–C) groups is 1. The summed E-state index contributed by atoms with van der Waals surface area (Å²) in [5.74, 6) is -0.0124. The van der Waals surface area contributed by atoms with E-state index < -0.39 is 0 Å². The number of rotatable bonds is 7. The fraction of sp³-hybridized carbons (Fsp3) is 0.250. The van der Waals surface area contributed by atoms with E-state index in [1.807, 2.05) is 31.2 Å². The van der Waals surface area contributed by atoms with Crippen molar-refractivity contribution >= 4 is 6.34 Å². The van der Waals surface area contributed by atoms with E-state index >= 15 is 0 Å². The van der Waals surface area contributed by atoms with Crippen molar-refractivity contribution in [1.29, 1.82) is 0 Å². The van der Waals surface area contributed by atoms with E-state index in [9.17, 15) is 4.39 Å². The lowest BCUT2D eigenvalue weighted by atomic mass is 9.82. The highest BCUT2D eigenvalue weighted by Gasteiger charge is 2.27. The Balaban J connectivity index is 1.70. The van der Waals surface area contributed by atoms with Crippen LogP contribution in [0.2, 0.25) is 0 Å². The number of hydrogen-bond donors (Lipinski definition) is 1. The molecule has 3 nitrogen and oxygen atoms in total. The fourth-order valence-electron chi connectivity index (χ4n) is 4.61. The van der Waals surface area contributed by atoms with Gasteiger partial charge in [0.25, 0.3) is 0 Å². The molecule has 0 bridgehead atoms. The van der Waals surface area contributed by atoms with Gasteiger partial charge < -0.3 is 5.73 Å². The molecule has 164 valence electrons. The topological polar surface area (TPSA) is 41.6 Å². The SMILES string of the molecule is CCc1cc(CN2CCC(N=CN)=C(C(c3ccccc3)c3ccccc3)C2)ccc1F. The molecule has 0 saturated heterocycles. The molecule has 32 heavy (non-hydrogen) atoms. The van der Waals surface area contributed by atoms with Crippen LogP contribution in [0.25, 0.3) is 0 Å². The molecule has 0 amide bonds. The maximum atomic E-state index is 14.0. The van der Waals surface area contributed by atoms with Crippen molar-refractivity contribution in [3.63, 3.8) is 0 Å². The Kier molecular flexibility index (Phi) is 7.13. The van der Waals surface area contributed by atoms with Crippen LogP contribution >= 0.6 is 0 Å². The average Bonchev–Trinajstić information content (AvgIpc) is 2.83. The first-order valence-electron chi connectivity index (χ1n) is 11.2. The van der Waals surface area contributed by atoms with E-state index in [1.54, 1.807) is 6.07 Å². The van der Waals surface area contributed by atoms with Gasteiger partial charge in [0.05, 0.1) is 6.34 Å². The molecule has 0 spiro atoms. The molecular weight excluding hydrogens is 397 g/mol. The third kappa shape index (κ3) is 4.97. The van der Waals surface area contributed by atoms with Crippen LogP contribution in [0, 0.1) is 5.82 Å². The molecule has 0 fully saturated rings. The van der Waals surface area contributed by atoms with E-state index in [1.165, 1.54) is 23.0 Å². The first kappa shape index (κ1) is 22.0. The van der Waals surface area contributed by atoms with Gasteiger partial charge in [0, 0.05) is 37.7 Å². The lowest BCUT2D eigenvalue weighted by Gasteiger charge is -2.34. The predicted molar refractivity (Wildman–Crippen MR) is 130 cm³/mol. The third-order valence-electron chi connectivity index (χ3n) is 6.17. The molecule has 4 heteroatoms. The minimum absolute atomic E-state index is 0.110. The maximum Gasteiger partial charge on any atom is 0.126 e. The summed E-state index contributed by atoms with van der Waals surface area (Å²) in [7, 11) is 0. The van der Waals surface area contributed by atoms with Gasteiger partial charge in [-0.05, 0) is 40.3 Å². The highest BCUT2D eigenvalue weighted by Crippen LogP contribution is 2.37. The molecule has 0 radical (unpaired) electrons. The Bertz CT molecular complexity index is 1050. The van der Waals surface area contributed by atoms with E-state index in [-0.39, 0.29) is 11.7 Å². The Morgan fingerprint density at radius 3 is 2.25 bits per heavy atom. The van der Waals surface area contributed by atoms with E-state index in [4.69, 9.17) is 5.73 Å². The standard InChI is InChI=1S/C28H30FN3/c1-2-22-17-21(13-14-26(22)29)18-32-16-15-27(31-20-30)25(19-32)28(23-9-5-3-6-10-23)24-11-7-4-8-12-24/h3-14,17,20,28H,2,15-16,18-19H2,1H3,(H2,30,31). The number of benzene rings is 3. The zero-order valence-corrected chi connectivity index (χ0v) is 18.5. The van der Waals surface area contributed by atoms with Gasteiger partial charge in [-0.25, -0.2) is 9.38 Å². The number of aryl methyl sites for hydroxylation is 1. The first-order chi connectivity index (χ1) is 15.7. The van der Waals surface area contributed by atoms with E-state index in [0.717, 1.165) is 42.9 Å². The normalized spacial score (nSPS) is 15.1. The van der Waals surface area contributed by atoms with Gasteiger partial charge in [0.15, 0.2) is 0 Å². The number of nitrogens with zero attached hydrogens (tertiary/aromatic N) is 2. The molecule has 0 aliphatic carbocycles. The van der Waals surface area contributed by atoms with Crippen molar-refractivity contribution in [2.24, 2.45) is 10.7 Å². The average molecular weight is 428 g/mol. The highest BCUT2D eigenvalue weighted by atomic mass is 19.1. The van der Waals surface area contributed by atoms with E-state index in [2.05, 4.69) is 58.4 Å². The Labute approximate surface area is 190 Å². The van der Waals surface area contributed by atoms with Crippen LogP contribution in [0.1, 0.15) is 41.5 Å². The van der Waals surface area contributed by atoms with Crippen LogP contribution in [-0.4, -0.2) is 24.3 Å². The van der Waals surface area contributed by atoms with Gasteiger partial charge in [-0.15, -0.1) is 0 Å². The lowest BCUT2D eigenvalue weighted by molar-refractivity contribution is 0.272. The second kappa shape index (κ2) is 10.4.